The molecule has 0 spiro atoms. The number of amides is 1. The normalized spacial score (nSPS) is 10.7. The van der Waals surface area contributed by atoms with Gasteiger partial charge in [0.25, 0.3) is 5.91 Å². The number of anilines is 1. The second kappa shape index (κ2) is 8.14. The highest BCUT2D eigenvalue weighted by molar-refractivity contribution is 6.30. The maximum absolute atomic E-state index is 11.8. The number of aliphatic hydroxyl groups is 1. The number of nitrogens with zero attached hydrogens (tertiary/aromatic N) is 1. The Labute approximate surface area is 116 Å². The largest absolute Gasteiger partial charge is 0.396 e. The van der Waals surface area contributed by atoms with Crippen LogP contribution in [-0.4, -0.2) is 24.2 Å². The molecule has 0 saturated heterocycles. The molecular weight excluding hydrogens is 266 g/mol. The van der Waals surface area contributed by atoms with Crippen LogP contribution < -0.4 is 10.6 Å². The Morgan fingerprint density at radius 3 is 2.68 bits per heavy atom. The lowest BCUT2D eigenvalue weighted by molar-refractivity contribution is -0.112. The lowest BCUT2D eigenvalue weighted by Crippen LogP contribution is -2.17. The minimum atomic E-state index is -0.499. The molecule has 1 aromatic carbocycles. The van der Waals surface area contributed by atoms with Crippen molar-refractivity contribution in [3.8, 4) is 6.07 Å². The topological polar surface area (TPSA) is 85.2 Å². The lowest BCUT2D eigenvalue weighted by Gasteiger charge is -2.04. The summed E-state index contributed by atoms with van der Waals surface area (Å²) in [6, 6.07) is 8.39. The monoisotopic (exact) mass is 279 g/mol. The molecule has 0 atom stereocenters. The number of halogens is 1. The van der Waals surface area contributed by atoms with Gasteiger partial charge in [0.05, 0.1) is 0 Å². The summed E-state index contributed by atoms with van der Waals surface area (Å²) >= 11 is 5.73. The van der Waals surface area contributed by atoms with Crippen molar-refractivity contribution in [2.24, 2.45) is 0 Å². The Kier molecular flexibility index (Phi) is 6.44. The quantitative estimate of drug-likeness (QED) is 0.420. The number of carbonyl (C=O) groups is 1. The summed E-state index contributed by atoms with van der Waals surface area (Å²) in [4.78, 5) is 11.8. The third-order valence-electron chi connectivity index (χ3n) is 2.19. The van der Waals surface area contributed by atoms with E-state index in [-0.39, 0.29) is 12.2 Å². The first-order valence-corrected chi connectivity index (χ1v) is 6.06. The highest BCUT2D eigenvalue weighted by atomic mass is 35.5. The summed E-state index contributed by atoms with van der Waals surface area (Å²) in [7, 11) is 0. The van der Waals surface area contributed by atoms with Crippen LogP contribution in [0.25, 0.3) is 0 Å². The summed E-state index contributed by atoms with van der Waals surface area (Å²) in [6.07, 6.45) is 1.88. The molecule has 19 heavy (non-hydrogen) atoms. The van der Waals surface area contributed by atoms with Crippen LogP contribution in [0.4, 0.5) is 5.69 Å². The number of hydrogen-bond acceptors (Lipinski definition) is 4. The van der Waals surface area contributed by atoms with Gasteiger partial charge in [-0.3, -0.25) is 4.79 Å². The molecule has 1 amide bonds. The van der Waals surface area contributed by atoms with Crippen LogP contribution in [0, 0.1) is 11.3 Å². The Morgan fingerprint density at radius 1 is 1.42 bits per heavy atom. The molecule has 1 rings (SSSR count). The maximum atomic E-state index is 11.8. The molecule has 0 bridgehead atoms. The van der Waals surface area contributed by atoms with Gasteiger partial charge in [-0.2, -0.15) is 5.26 Å². The minimum Gasteiger partial charge on any atom is -0.396 e. The third kappa shape index (κ3) is 5.42. The fourth-order valence-corrected chi connectivity index (χ4v) is 1.36. The minimum absolute atomic E-state index is 0.0344. The molecule has 0 aliphatic carbocycles. The molecule has 6 heteroatoms. The van der Waals surface area contributed by atoms with Gasteiger partial charge in [0, 0.05) is 30.1 Å². The van der Waals surface area contributed by atoms with Crippen molar-refractivity contribution in [2.45, 2.75) is 6.42 Å². The highest BCUT2D eigenvalue weighted by Gasteiger charge is 2.08. The molecule has 0 unspecified atom stereocenters. The Balaban J connectivity index is 2.59. The van der Waals surface area contributed by atoms with Gasteiger partial charge in [-0.1, -0.05) is 11.6 Å². The van der Waals surface area contributed by atoms with Gasteiger partial charge in [-0.15, -0.1) is 0 Å². The summed E-state index contributed by atoms with van der Waals surface area (Å²) in [5.74, 6) is -0.499. The second-order valence-corrected chi connectivity index (χ2v) is 4.10. The summed E-state index contributed by atoms with van der Waals surface area (Å²) in [5, 5.41) is 23.4. The first-order valence-electron chi connectivity index (χ1n) is 5.69. The Morgan fingerprint density at radius 2 is 2.11 bits per heavy atom. The van der Waals surface area contributed by atoms with E-state index < -0.39 is 5.91 Å². The van der Waals surface area contributed by atoms with E-state index in [0.29, 0.717) is 23.7 Å². The Bertz CT molecular complexity index is 492. The van der Waals surface area contributed by atoms with Crippen LogP contribution in [0.5, 0.6) is 0 Å². The number of nitrogens with one attached hydrogen (secondary N) is 2. The van der Waals surface area contributed by atoms with E-state index in [1.165, 1.54) is 6.20 Å². The predicted octanol–water partition coefficient (Wildman–Crippen LogP) is 1.66. The second-order valence-electron chi connectivity index (χ2n) is 3.66. The van der Waals surface area contributed by atoms with Gasteiger partial charge in [0.1, 0.15) is 11.6 Å². The summed E-state index contributed by atoms with van der Waals surface area (Å²) in [5.41, 5.74) is 0.527. The molecule has 0 aliphatic rings. The lowest BCUT2D eigenvalue weighted by atomic mass is 10.2. The third-order valence-corrected chi connectivity index (χ3v) is 2.44. The number of benzene rings is 1. The number of nitriles is 1. The first-order chi connectivity index (χ1) is 9.17. The number of aliphatic hydroxyl groups excluding tert-OH is 1. The molecule has 0 aliphatic heterocycles. The molecule has 0 radical (unpaired) electrons. The average Bonchev–Trinajstić information content (AvgIpc) is 2.41. The van der Waals surface area contributed by atoms with Crippen LogP contribution in [0.2, 0.25) is 5.02 Å². The van der Waals surface area contributed by atoms with E-state index in [9.17, 15) is 4.79 Å². The molecule has 1 aromatic rings. The van der Waals surface area contributed by atoms with Gasteiger partial charge in [0.15, 0.2) is 0 Å². The zero-order valence-corrected chi connectivity index (χ0v) is 10.9. The average molecular weight is 280 g/mol. The van der Waals surface area contributed by atoms with Crippen molar-refractivity contribution >= 4 is 23.2 Å². The molecule has 0 fully saturated rings. The van der Waals surface area contributed by atoms with Crippen LogP contribution in [0.1, 0.15) is 6.42 Å². The molecule has 5 nitrogen and oxygen atoms in total. The van der Waals surface area contributed by atoms with E-state index in [2.05, 4.69) is 10.6 Å². The van der Waals surface area contributed by atoms with Gasteiger partial charge in [-0.05, 0) is 30.7 Å². The molecule has 3 N–H and O–H groups in total. The van der Waals surface area contributed by atoms with E-state index in [0.717, 1.165) is 0 Å². The van der Waals surface area contributed by atoms with Crippen molar-refractivity contribution in [3.63, 3.8) is 0 Å². The molecule has 0 heterocycles. The number of hydrogen-bond donors (Lipinski definition) is 3. The van der Waals surface area contributed by atoms with Crippen molar-refractivity contribution in [3.05, 3.63) is 41.1 Å². The standard InChI is InChI=1S/C13H14ClN3O2/c14-11-2-4-12(5-3-11)17-13(19)10(8-15)9-16-6-1-7-18/h2-5,9,16,18H,1,6-7H2,(H,17,19)/b10-9-. The highest BCUT2D eigenvalue weighted by Crippen LogP contribution is 2.13. The number of rotatable bonds is 6. The van der Waals surface area contributed by atoms with Crippen molar-refractivity contribution in [2.75, 3.05) is 18.5 Å². The number of carbonyl (C=O) groups excluding carboxylic acids is 1. The SMILES string of the molecule is N#C/C(=C/NCCCO)C(=O)Nc1ccc(Cl)cc1. The summed E-state index contributed by atoms with van der Waals surface area (Å²) in [6.45, 7) is 0.551. The zero-order chi connectivity index (χ0) is 14.1. The molecular formula is C13H14ClN3O2. The zero-order valence-electron chi connectivity index (χ0n) is 10.2. The van der Waals surface area contributed by atoms with Gasteiger partial charge < -0.3 is 15.7 Å². The summed E-state index contributed by atoms with van der Waals surface area (Å²) < 4.78 is 0. The van der Waals surface area contributed by atoms with E-state index in [1.807, 2.05) is 6.07 Å². The van der Waals surface area contributed by atoms with Crippen molar-refractivity contribution < 1.29 is 9.90 Å². The first kappa shape index (κ1) is 15.0. The van der Waals surface area contributed by atoms with E-state index in [4.69, 9.17) is 22.0 Å². The van der Waals surface area contributed by atoms with E-state index in [1.54, 1.807) is 24.3 Å². The van der Waals surface area contributed by atoms with Gasteiger partial charge >= 0.3 is 0 Å². The van der Waals surface area contributed by atoms with Crippen LogP contribution in [0.15, 0.2) is 36.0 Å². The predicted molar refractivity (Wildman–Crippen MR) is 73.5 cm³/mol. The fourth-order valence-electron chi connectivity index (χ4n) is 1.24. The van der Waals surface area contributed by atoms with Gasteiger partial charge in [0.2, 0.25) is 0 Å². The fraction of sp³-hybridized carbons (Fsp3) is 0.231. The molecule has 100 valence electrons. The maximum Gasteiger partial charge on any atom is 0.267 e. The van der Waals surface area contributed by atoms with Crippen LogP contribution >= 0.6 is 11.6 Å². The van der Waals surface area contributed by atoms with Crippen LogP contribution in [-0.2, 0) is 4.79 Å². The van der Waals surface area contributed by atoms with Crippen LogP contribution in [0.3, 0.4) is 0 Å². The smallest absolute Gasteiger partial charge is 0.267 e. The van der Waals surface area contributed by atoms with Gasteiger partial charge in [-0.25, -0.2) is 0 Å². The van der Waals surface area contributed by atoms with E-state index >= 15 is 0 Å². The van der Waals surface area contributed by atoms with Crippen molar-refractivity contribution in [1.82, 2.24) is 5.32 Å². The molecule has 0 aromatic heterocycles. The molecule has 0 saturated carbocycles. The Hall–Kier alpha value is -2.03. The van der Waals surface area contributed by atoms with Crippen molar-refractivity contribution in [1.29, 1.82) is 5.26 Å².